The van der Waals surface area contributed by atoms with Crippen LogP contribution in [0.3, 0.4) is 0 Å². The molecule has 2 N–H and O–H groups in total. The van der Waals surface area contributed by atoms with Crippen molar-refractivity contribution in [1.82, 2.24) is 9.29 Å². The number of anilines is 1. The number of aryl methyl sites for hydroxylation is 1. The Kier molecular flexibility index (Phi) is 5.62. The molecule has 0 aliphatic carbocycles. The second-order valence-corrected chi connectivity index (χ2v) is 8.44. The van der Waals surface area contributed by atoms with Gasteiger partial charge >= 0.3 is 0 Å². The predicted molar refractivity (Wildman–Crippen MR) is 109 cm³/mol. The van der Waals surface area contributed by atoms with Crippen LogP contribution in [0, 0.1) is 0 Å². The molecule has 3 aromatic rings. The number of pyridine rings is 1. The quantitative estimate of drug-likeness (QED) is 0.665. The summed E-state index contributed by atoms with van der Waals surface area (Å²) in [6.07, 6.45) is 0.754. The van der Waals surface area contributed by atoms with Gasteiger partial charge in [0, 0.05) is 24.3 Å². The molecule has 146 valence electrons. The molecule has 0 aliphatic rings. The number of amides is 1. The third kappa shape index (κ3) is 4.13. The molecule has 0 radical (unpaired) electrons. The number of para-hydroxylation sites is 1. The molecule has 1 aromatic heterocycles. The maximum Gasteiger partial charge on any atom is 0.248 e. The molecule has 0 spiro atoms. The number of nitrogens with one attached hydrogen (secondary N) is 2. The first-order chi connectivity index (χ1) is 13.3. The Bertz CT molecular complexity index is 1190. The van der Waals surface area contributed by atoms with Crippen molar-refractivity contribution in [2.45, 2.75) is 18.2 Å². The molecule has 1 amide bonds. The molecular formula is C20H21N3O4S. The van der Waals surface area contributed by atoms with Gasteiger partial charge in [-0.3, -0.25) is 9.59 Å². The Morgan fingerprint density at radius 1 is 1.11 bits per heavy atom. The maximum absolute atomic E-state index is 12.8. The van der Waals surface area contributed by atoms with Crippen LogP contribution in [0.15, 0.2) is 64.3 Å². The first kappa shape index (κ1) is 19.8. The van der Waals surface area contributed by atoms with Crippen LogP contribution < -0.4 is 10.9 Å². The Labute approximate surface area is 163 Å². The lowest BCUT2D eigenvalue weighted by molar-refractivity contribution is -0.116. The topological polar surface area (TPSA) is 99.3 Å². The molecule has 8 heteroatoms. The standard InChI is InChI=1S/C20H21N3O4S/c1-3-14-6-4-5-7-17(14)22-20(25)13-23(2)28(26,27)16-9-10-18-15(12-16)8-11-19(24)21-18/h4-12H,3,13H2,1-2H3,(H,21,24)(H,22,25). The first-order valence-corrected chi connectivity index (χ1v) is 10.2. The van der Waals surface area contributed by atoms with Gasteiger partial charge < -0.3 is 10.3 Å². The average Bonchev–Trinajstić information content (AvgIpc) is 2.67. The van der Waals surface area contributed by atoms with E-state index in [9.17, 15) is 18.0 Å². The lowest BCUT2D eigenvalue weighted by Crippen LogP contribution is -2.35. The minimum absolute atomic E-state index is 0.0521. The summed E-state index contributed by atoms with van der Waals surface area (Å²) >= 11 is 0. The number of hydrogen-bond acceptors (Lipinski definition) is 4. The highest BCUT2D eigenvalue weighted by Gasteiger charge is 2.23. The summed E-state index contributed by atoms with van der Waals surface area (Å²) in [6.45, 7) is 1.67. The fraction of sp³-hybridized carbons (Fsp3) is 0.200. The zero-order valence-electron chi connectivity index (χ0n) is 15.6. The van der Waals surface area contributed by atoms with Gasteiger partial charge in [0.05, 0.1) is 11.4 Å². The van der Waals surface area contributed by atoms with Crippen LogP contribution in [0.2, 0.25) is 0 Å². The van der Waals surface area contributed by atoms with Crippen LogP contribution in [0.1, 0.15) is 12.5 Å². The smallest absolute Gasteiger partial charge is 0.248 e. The summed E-state index contributed by atoms with van der Waals surface area (Å²) in [4.78, 5) is 26.4. The number of hydrogen-bond donors (Lipinski definition) is 2. The van der Waals surface area contributed by atoms with Crippen molar-refractivity contribution in [3.05, 3.63) is 70.5 Å². The van der Waals surface area contributed by atoms with Crippen molar-refractivity contribution in [2.75, 3.05) is 18.9 Å². The number of likely N-dealkylation sites (N-methyl/N-ethyl adjacent to an activating group) is 1. The number of fused-ring (bicyclic) bond motifs is 1. The van der Waals surface area contributed by atoms with E-state index in [1.165, 1.54) is 31.3 Å². The van der Waals surface area contributed by atoms with E-state index in [-0.39, 0.29) is 17.0 Å². The lowest BCUT2D eigenvalue weighted by Gasteiger charge is -2.18. The van der Waals surface area contributed by atoms with E-state index >= 15 is 0 Å². The van der Waals surface area contributed by atoms with Gasteiger partial charge in [0.15, 0.2) is 0 Å². The zero-order chi connectivity index (χ0) is 20.3. The molecule has 0 unspecified atom stereocenters. The fourth-order valence-electron chi connectivity index (χ4n) is 2.90. The van der Waals surface area contributed by atoms with Crippen molar-refractivity contribution in [3.8, 4) is 0 Å². The number of nitrogens with zero attached hydrogens (tertiary/aromatic N) is 1. The van der Waals surface area contributed by atoms with Gasteiger partial charge in [-0.05, 0) is 47.7 Å². The Hall–Kier alpha value is -2.97. The maximum atomic E-state index is 12.8. The molecular weight excluding hydrogens is 378 g/mol. The number of sulfonamides is 1. The van der Waals surface area contributed by atoms with Gasteiger partial charge in [0.1, 0.15) is 0 Å². The van der Waals surface area contributed by atoms with Crippen LogP contribution in [0.4, 0.5) is 5.69 Å². The highest BCUT2D eigenvalue weighted by molar-refractivity contribution is 7.89. The number of carbonyl (C=O) groups excluding carboxylic acids is 1. The van der Waals surface area contributed by atoms with Gasteiger partial charge in [-0.1, -0.05) is 25.1 Å². The second-order valence-electron chi connectivity index (χ2n) is 6.39. The Morgan fingerprint density at radius 2 is 1.86 bits per heavy atom. The van der Waals surface area contributed by atoms with E-state index in [0.29, 0.717) is 16.6 Å². The first-order valence-electron chi connectivity index (χ1n) is 8.78. The molecule has 28 heavy (non-hydrogen) atoms. The summed E-state index contributed by atoms with van der Waals surface area (Å²) in [7, 11) is -2.50. The van der Waals surface area contributed by atoms with E-state index < -0.39 is 15.9 Å². The molecule has 0 saturated carbocycles. The van der Waals surface area contributed by atoms with Gasteiger partial charge in [-0.25, -0.2) is 8.42 Å². The lowest BCUT2D eigenvalue weighted by atomic mass is 10.1. The minimum atomic E-state index is -3.86. The van der Waals surface area contributed by atoms with Crippen LogP contribution in [0.5, 0.6) is 0 Å². The highest BCUT2D eigenvalue weighted by atomic mass is 32.2. The SMILES string of the molecule is CCc1ccccc1NC(=O)CN(C)S(=O)(=O)c1ccc2[nH]c(=O)ccc2c1. The van der Waals surface area contributed by atoms with Crippen LogP contribution in [-0.4, -0.2) is 37.2 Å². The third-order valence-electron chi connectivity index (χ3n) is 4.44. The number of H-pyrrole nitrogens is 1. The fourth-order valence-corrected chi connectivity index (χ4v) is 4.06. The molecule has 1 heterocycles. The van der Waals surface area contributed by atoms with Gasteiger partial charge in [-0.15, -0.1) is 0 Å². The van der Waals surface area contributed by atoms with Gasteiger partial charge in [-0.2, -0.15) is 4.31 Å². The second kappa shape index (κ2) is 7.95. The van der Waals surface area contributed by atoms with Gasteiger partial charge in [0.25, 0.3) is 0 Å². The molecule has 0 aliphatic heterocycles. The van der Waals surface area contributed by atoms with E-state index in [4.69, 9.17) is 0 Å². The van der Waals surface area contributed by atoms with Crippen molar-refractivity contribution < 1.29 is 13.2 Å². The monoisotopic (exact) mass is 399 g/mol. The number of benzene rings is 2. The summed E-state index contributed by atoms with van der Waals surface area (Å²) in [6, 6.07) is 14.7. The zero-order valence-corrected chi connectivity index (χ0v) is 16.4. The molecule has 0 atom stereocenters. The van der Waals surface area contributed by atoms with Gasteiger partial charge in [0.2, 0.25) is 21.5 Å². The molecule has 0 bridgehead atoms. The highest BCUT2D eigenvalue weighted by Crippen LogP contribution is 2.20. The molecule has 7 nitrogen and oxygen atoms in total. The molecule has 0 saturated heterocycles. The number of aromatic amines is 1. The van der Waals surface area contributed by atoms with E-state index in [1.807, 2.05) is 25.1 Å². The van der Waals surface area contributed by atoms with E-state index in [2.05, 4.69) is 10.3 Å². The Morgan fingerprint density at radius 3 is 2.61 bits per heavy atom. The average molecular weight is 399 g/mol. The van der Waals surface area contributed by atoms with Crippen LogP contribution in [0.25, 0.3) is 10.9 Å². The Balaban J connectivity index is 1.79. The number of carbonyl (C=O) groups is 1. The summed E-state index contributed by atoms with van der Waals surface area (Å²) in [5.41, 5.74) is 1.94. The summed E-state index contributed by atoms with van der Waals surface area (Å²) in [5.74, 6) is -0.419. The van der Waals surface area contributed by atoms with E-state index in [0.717, 1.165) is 16.3 Å². The molecule has 0 fully saturated rings. The summed E-state index contributed by atoms with van der Waals surface area (Å²) in [5, 5.41) is 3.36. The van der Waals surface area contributed by atoms with Crippen LogP contribution in [-0.2, 0) is 21.2 Å². The van der Waals surface area contributed by atoms with Crippen molar-refractivity contribution >= 4 is 32.5 Å². The predicted octanol–water partition coefficient (Wildman–Crippen LogP) is 2.35. The van der Waals surface area contributed by atoms with Crippen molar-refractivity contribution in [3.63, 3.8) is 0 Å². The minimum Gasteiger partial charge on any atom is -0.325 e. The largest absolute Gasteiger partial charge is 0.325 e. The molecule has 2 aromatic carbocycles. The molecule has 3 rings (SSSR count). The number of rotatable bonds is 6. The van der Waals surface area contributed by atoms with Crippen LogP contribution >= 0.6 is 0 Å². The van der Waals surface area contributed by atoms with Crippen molar-refractivity contribution in [1.29, 1.82) is 0 Å². The number of aromatic nitrogens is 1. The normalized spacial score (nSPS) is 11.7. The third-order valence-corrected chi connectivity index (χ3v) is 6.24. The van der Waals surface area contributed by atoms with Crippen molar-refractivity contribution in [2.24, 2.45) is 0 Å². The van der Waals surface area contributed by atoms with E-state index in [1.54, 1.807) is 12.1 Å². The summed E-state index contributed by atoms with van der Waals surface area (Å²) < 4.78 is 26.7.